The van der Waals surface area contributed by atoms with Crippen LogP contribution in [0.5, 0.6) is 0 Å². The van der Waals surface area contributed by atoms with Gasteiger partial charge >= 0.3 is 0 Å². The van der Waals surface area contributed by atoms with Crippen molar-refractivity contribution in [1.82, 2.24) is 0 Å². The van der Waals surface area contributed by atoms with Crippen molar-refractivity contribution in [2.45, 2.75) is 4.90 Å². The first kappa shape index (κ1) is 15.4. The molecule has 0 heterocycles. The summed E-state index contributed by atoms with van der Waals surface area (Å²) in [7, 11) is -3.23. The van der Waals surface area contributed by atoms with Crippen molar-refractivity contribution in [3.8, 4) is 0 Å². The number of halogens is 1. The maximum Gasteiger partial charge on any atom is 0.175 e. The Kier molecular flexibility index (Phi) is 4.24. The summed E-state index contributed by atoms with van der Waals surface area (Å²) in [5, 5.41) is 2.97. The molecule has 21 heavy (non-hydrogen) atoms. The maximum atomic E-state index is 13.7. The predicted molar refractivity (Wildman–Crippen MR) is 85.1 cm³/mol. The highest BCUT2D eigenvalue weighted by Crippen LogP contribution is 2.21. The van der Waals surface area contributed by atoms with Crippen molar-refractivity contribution in [2.24, 2.45) is 5.73 Å². The highest BCUT2D eigenvalue weighted by atomic mass is 32.2. The van der Waals surface area contributed by atoms with Crippen molar-refractivity contribution < 1.29 is 12.8 Å². The topological polar surface area (TPSA) is 72.2 Å². The largest absolute Gasteiger partial charge is 0.389 e. The minimum absolute atomic E-state index is 0.00319. The van der Waals surface area contributed by atoms with Crippen LogP contribution in [-0.4, -0.2) is 19.7 Å². The van der Waals surface area contributed by atoms with Gasteiger partial charge in [-0.1, -0.05) is 12.2 Å². The average Bonchev–Trinajstić information content (AvgIpc) is 2.38. The fourth-order valence-electron chi connectivity index (χ4n) is 1.74. The van der Waals surface area contributed by atoms with E-state index in [1.54, 1.807) is 18.2 Å². The molecular formula is C14H13FN2O2S2. The molecule has 4 nitrogen and oxygen atoms in total. The summed E-state index contributed by atoms with van der Waals surface area (Å²) in [4.78, 5) is 0.222. The molecule has 0 saturated carbocycles. The summed E-state index contributed by atoms with van der Waals surface area (Å²) in [5.41, 5.74) is 6.73. The Morgan fingerprint density at radius 2 is 1.71 bits per heavy atom. The van der Waals surface area contributed by atoms with Gasteiger partial charge in [0.1, 0.15) is 10.8 Å². The maximum absolute atomic E-state index is 13.7. The minimum atomic E-state index is -3.23. The molecule has 0 atom stereocenters. The summed E-state index contributed by atoms with van der Waals surface area (Å²) >= 11 is 4.73. The van der Waals surface area contributed by atoms with Crippen LogP contribution in [-0.2, 0) is 9.84 Å². The lowest BCUT2D eigenvalue weighted by Crippen LogP contribution is -2.11. The van der Waals surface area contributed by atoms with Crippen LogP contribution in [0.15, 0.2) is 47.4 Å². The predicted octanol–water partition coefficient (Wildman–Crippen LogP) is 2.61. The average molecular weight is 324 g/mol. The van der Waals surface area contributed by atoms with Gasteiger partial charge in [-0.25, -0.2) is 12.8 Å². The molecule has 0 spiro atoms. The molecule has 0 aromatic heterocycles. The van der Waals surface area contributed by atoms with E-state index in [9.17, 15) is 12.8 Å². The van der Waals surface area contributed by atoms with Gasteiger partial charge in [-0.15, -0.1) is 0 Å². The molecule has 3 N–H and O–H groups in total. The molecule has 2 aromatic carbocycles. The van der Waals surface area contributed by atoms with Crippen LogP contribution >= 0.6 is 12.2 Å². The van der Waals surface area contributed by atoms with Crippen LogP contribution in [0.2, 0.25) is 0 Å². The van der Waals surface area contributed by atoms with Crippen LogP contribution in [0.3, 0.4) is 0 Å². The molecule has 0 fully saturated rings. The molecule has 110 valence electrons. The standard InChI is InChI=1S/C14H13FN2O2S2/c1-21(18,19)11-5-2-9(3-6-11)17-10-4-7-12(14(16)20)13(15)8-10/h2-8,17H,1H3,(H2,16,20). The second kappa shape index (κ2) is 5.79. The van der Waals surface area contributed by atoms with E-state index in [-0.39, 0.29) is 15.4 Å². The number of sulfone groups is 1. The van der Waals surface area contributed by atoms with Crippen LogP contribution in [0.25, 0.3) is 0 Å². The summed E-state index contributed by atoms with van der Waals surface area (Å²) < 4.78 is 36.4. The highest BCUT2D eigenvalue weighted by molar-refractivity contribution is 7.90. The zero-order chi connectivity index (χ0) is 15.6. The van der Waals surface area contributed by atoms with Gasteiger partial charge in [0.15, 0.2) is 9.84 Å². The zero-order valence-electron chi connectivity index (χ0n) is 11.1. The lowest BCUT2D eigenvalue weighted by Gasteiger charge is -2.09. The van der Waals surface area contributed by atoms with Gasteiger partial charge in [-0.3, -0.25) is 0 Å². The molecule has 0 aliphatic carbocycles. The first-order valence-corrected chi connectivity index (χ1v) is 8.24. The number of thiocarbonyl (C=S) groups is 1. The van der Waals surface area contributed by atoms with Crippen molar-refractivity contribution >= 4 is 38.4 Å². The third-order valence-corrected chi connectivity index (χ3v) is 4.15. The quantitative estimate of drug-likeness (QED) is 0.846. The first-order valence-electron chi connectivity index (χ1n) is 5.94. The first-order chi connectivity index (χ1) is 9.77. The molecule has 0 bridgehead atoms. The third-order valence-electron chi connectivity index (χ3n) is 2.81. The minimum Gasteiger partial charge on any atom is -0.389 e. The van der Waals surface area contributed by atoms with E-state index in [0.717, 1.165) is 6.26 Å². The Morgan fingerprint density at radius 3 is 2.19 bits per heavy atom. The number of rotatable bonds is 4. The second-order valence-electron chi connectivity index (χ2n) is 4.48. The SMILES string of the molecule is CS(=O)(=O)c1ccc(Nc2ccc(C(N)=S)c(F)c2)cc1. The Morgan fingerprint density at radius 1 is 1.14 bits per heavy atom. The van der Waals surface area contributed by atoms with Gasteiger partial charge in [0.2, 0.25) is 0 Å². The molecule has 0 aliphatic heterocycles. The van der Waals surface area contributed by atoms with E-state index >= 15 is 0 Å². The molecule has 2 rings (SSSR count). The molecule has 7 heteroatoms. The number of benzene rings is 2. The highest BCUT2D eigenvalue weighted by Gasteiger charge is 2.08. The molecule has 0 amide bonds. The Bertz CT molecular complexity index is 787. The van der Waals surface area contributed by atoms with E-state index in [1.165, 1.54) is 24.3 Å². The summed E-state index contributed by atoms with van der Waals surface area (Å²) in [6.07, 6.45) is 1.14. The van der Waals surface area contributed by atoms with Crippen molar-refractivity contribution in [2.75, 3.05) is 11.6 Å². The summed E-state index contributed by atoms with van der Waals surface area (Å²) in [5.74, 6) is -0.514. The van der Waals surface area contributed by atoms with E-state index in [2.05, 4.69) is 5.32 Å². The fraction of sp³-hybridized carbons (Fsp3) is 0.0714. The van der Waals surface area contributed by atoms with E-state index < -0.39 is 15.7 Å². The van der Waals surface area contributed by atoms with Crippen LogP contribution in [0, 0.1) is 5.82 Å². The van der Waals surface area contributed by atoms with Crippen molar-refractivity contribution in [3.05, 3.63) is 53.8 Å². The second-order valence-corrected chi connectivity index (χ2v) is 6.94. The van der Waals surface area contributed by atoms with Gasteiger partial charge in [0.25, 0.3) is 0 Å². The number of nitrogens with one attached hydrogen (secondary N) is 1. The van der Waals surface area contributed by atoms with Crippen LogP contribution in [0.1, 0.15) is 5.56 Å². The van der Waals surface area contributed by atoms with Gasteiger partial charge in [-0.2, -0.15) is 0 Å². The van der Waals surface area contributed by atoms with Gasteiger partial charge in [-0.05, 0) is 42.5 Å². The Labute approximate surface area is 127 Å². The lowest BCUT2D eigenvalue weighted by molar-refractivity contribution is 0.602. The Balaban J connectivity index is 2.23. The van der Waals surface area contributed by atoms with Gasteiger partial charge in [0.05, 0.1) is 4.90 Å². The number of anilines is 2. The lowest BCUT2D eigenvalue weighted by atomic mass is 10.2. The normalized spacial score (nSPS) is 11.1. The molecule has 0 aliphatic rings. The molecule has 0 radical (unpaired) electrons. The van der Waals surface area contributed by atoms with Crippen LogP contribution < -0.4 is 11.1 Å². The van der Waals surface area contributed by atoms with E-state index in [1.807, 2.05) is 0 Å². The van der Waals surface area contributed by atoms with Crippen molar-refractivity contribution in [1.29, 1.82) is 0 Å². The monoisotopic (exact) mass is 324 g/mol. The molecule has 0 unspecified atom stereocenters. The Hall–Kier alpha value is -1.99. The number of nitrogens with two attached hydrogens (primary N) is 1. The van der Waals surface area contributed by atoms with E-state index in [4.69, 9.17) is 18.0 Å². The summed E-state index contributed by atoms with van der Waals surface area (Å²) in [6, 6.07) is 10.6. The van der Waals surface area contributed by atoms with E-state index in [0.29, 0.717) is 11.4 Å². The third kappa shape index (κ3) is 3.77. The van der Waals surface area contributed by atoms with Crippen molar-refractivity contribution in [3.63, 3.8) is 0 Å². The van der Waals surface area contributed by atoms with Gasteiger partial charge in [0, 0.05) is 23.2 Å². The molecule has 0 saturated heterocycles. The summed E-state index contributed by atoms with van der Waals surface area (Å²) in [6.45, 7) is 0. The molecular weight excluding hydrogens is 311 g/mol. The smallest absolute Gasteiger partial charge is 0.175 e. The number of hydrogen-bond acceptors (Lipinski definition) is 4. The molecule has 2 aromatic rings. The number of hydrogen-bond donors (Lipinski definition) is 2. The van der Waals surface area contributed by atoms with Crippen LogP contribution in [0.4, 0.5) is 15.8 Å². The zero-order valence-corrected chi connectivity index (χ0v) is 12.8. The van der Waals surface area contributed by atoms with Gasteiger partial charge < -0.3 is 11.1 Å². The fourth-order valence-corrected chi connectivity index (χ4v) is 2.54.